The first-order valence-corrected chi connectivity index (χ1v) is 10.9. The molecule has 1 heterocycles. The Labute approximate surface area is 170 Å². The maximum Gasteiger partial charge on any atom is 0.305 e. The Morgan fingerprint density at radius 1 is 1.31 bits per heavy atom. The lowest BCUT2D eigenvalue weighted by molar-refractivity contribution is -0.176. The van der Waals surface area contributed by atoms with Gasteiger partial charge in [0, 0.05) is 24.2 Å². The fraction of sp³-hybridized carbons (Fsp3) is 0.864. The zero-order valence-corrected chi connectivity index (χ0v) is 16.9. The summed E-state index contributed by atoms with van der Waals surface area (Å²) in [6.07, 6.45) is 4.05. The Kier molecular flexibility index (Phi) is 5.77. The van der Waals surface area contributed by atoms with Gasteiger partial charge >= 0.3 is 5.97 Å². The van der Waals surface area contributed by atoms with Gasteiger partial charge in [-0.25, -0.2) is 8.78 Å². The van der Waals surface area contributed by atoms with Gasteiger partial charge in [-0.2, -0.15) is 0 Å². The molecule has 3 aliphatic carbocycles. The minimum atomic E-state index is -1.64. The summed E-state index contributed by atoms with van der Waals surface area (Å²) in [5.41, 5.74) is -2.63. The van der Waals surface area contributed by atoms with Gasteiger partial charge in [0.15, 0.2) is 0 Å². The summed E-state index contributed by atoms with van der Waals surface area (Å²) in [7, 11) is 1.32. The number of aliphatic hydroxyl groups is 2. The molecule has 4 fully saturated rings. The molecule has 2 N–H and O–H groups in total. The third-order valence-electron chi connectivity index (χ3n) is 7.91. The Morgan fingerprint density at radius 2 is 2.03 bits per heavy atom. The van der Waals surface area contributed by atoms with Crippen LogP contribution < -0.4 is 0 Å². The molecule has 0 radical (unpaired) electrons. The SMILES string of the molecule is COC(=O)C[C@H]1CCC12OC1CC(O)C(/C=C\C(O)C3(F)CCCCC3)C1C2F. The summed E-state index contributed by atoms with van der Waals surface area (Å²) < 4.78 is 41.4. The number of hydrogen-bond donors (Lipinski definition) is 2. The zero-order chi connectivity index (χ0) is 20.8. The third-order valence-corrected chi connectivity index (χ3v) is 7.91. The largest absolute Gasteiger partial charge is 0.469 e. The smallest absolute Gasteiger partial charge is 0.305 e. The van der Waals surface area contributed by atoms with Crippen molar-refractivity contribution in [2.75, 3.05) is 7.11 Å². The lowest BCUT2D eigenvalue weighted by Gasteiger charge is -2.48. The van der Waals surface area contributed by atoms with E-state index in [2.05, 4.69) is 0 Å². The molecular weight excluding hydrogens is 382 g/mol. The Morgan fingerprint density at radius 3 is 2.66 bits per heavy atom. The van der Waals surface area contributed by atoms with Crippen LogP contribution in [0.1, 0.15) is 57.8 Å². The summed E-state index contributed by atoms with van der Waals surface area (Å²) in [4.78, 5) is 11.7. The lowest BCUT2D eigenvalue weighted by Crippen LogP contribution is -2.55. The maximum atomic E-state index is 15.6. The number of fused-ring (bicyclic) bond motifs is 1. The van der Waals surface area contributed by atoms with Crippen LogP contribution in [0.5, 0.6) is 0 Å². The van der Waals surface area contributed by atoms with Crippen molar-refractivity contribution in [3.05, 3.63) is 12.2 Å². The van der Waals surface area contributed by atoms with Gasteiger partial charge in [-0.1, -0.05) is 31.4 Å². The average Bonchev–Trinajstić information content (AvgIpc) is 3.17. The number of methoxy groups -OCH3 is 1. The first-order valence-electron chi connectivity index (χ1n) is 10.9. The Balaban J connectivity index is 1.46. The molecule has 7 heteroatoms. The number of esters is 1. The van der Waals surface area contributed by atoms with Crippen LogP contribution in [-0.2, 0) is 14.3 Å². The summed E-state index contributed by atoms with van der Waals surface area (Å²) in [5, 5.41) is 20.9. The van der Waals surface area contributed by atoms with Gasteiger partial charge in [0.1, 0.15) is 23.5 Å². The van der Waals surface area contributed by atoms with E-state index in [-0.39, 0.29) is 18.3 Å². The number of hydrogen-bond acceptors (Lipinski definition) is 5. The van der Waals surface area contributed by atoms with Crippen molar-refractivity contribution < 1.29 is 33.3 Å². The molecule has 0 bridgehead atoms. The predicted molar refractivity (Wildman–Crippen MR) is 102 cm³/mol. The molecule has 4 rings (SSSR count). The molecule has 5 nitrogen and oxygen atoms in total. The van der Waals surface area contributed by atoms with E-state index in [0.717, 1.165) is 19.3 Å². The Hall–Kier alpha value is -1.05. The highest BCUT2D eigenvalue weighted by Crippen LogP contribution is 2.59. The van der Waals surface area contributed by atoms with Gasteiger partial charge in [0.2, 0.25) is 0 Å². The van der Waals surface area contributed by atoms with Crippen molar-refractivity contribution in [1.82, 2.24) is 0 Å². The van der Waals surface area contributed by atoms with Crippen molar-refractivity contribution in [3.63, 3.8) is 0 Å². The monoisotopic (exact) mass is 414 g/mol. The molecule has 0 aromatic heterocycles. The van der Waals surface area contributed by atoms with Crippen molar-refractivity contribution in [2.24, 2.45) is 17.8 Å². The van der Waals surface area contributed by atoms with Crippen LogP contribution in [0.2, 0.25) is 0 Å². The van der Waals surface area contributed by atoms with Gasteiger partial charge in [-0.05, 0) is 25.7 Å². The third kappa shape index (κ3) is 3.53. The molecule has 164 valence electrons. The van der Waals surface area contributed by atoms with Crippen molar-refractivity contribution in [2.45, 2.75) is 93.5 Å². The van der Waals surface area contributed by atoms with E-state index in [4.69, 9.17) is 9.47 Å². The van der Waals surface area contributed by atoms with Crippen LogP contribution in [0, 0.1) is 17.8 Å². The summed E-state index contributed by atoms with van der Waals surface area (Å²) in [6.45, 7) is 0. The predicted octanol–water partition coefficient (Wildman–Crippen LogP) is 3.02. The highest BCUT2D eigenvalue weighted by atomic mass is 19.1. The first kappa shape index (κ1) is 21.2. The van der Waals surface area contributed by atoms with Gasteiger partial charge < -0.3 is 19.7 Å². The van der Waals surface area contributed by atoms with Crippen LogP contribution in [0.15, 0.2) is 12.2 Å². The zero-order valence-electron chi connectivity index (χ0n) is 16.9. The van der Waals surface area contributed by atoms with E-state index in [1.807, 2.05) is 0 Å². The highest BCUT2D eigenvalue weighted by molar-refractivity contribution is 5.70. The van der Waals surface area contributed by atoms with Gasteiger partial charge in [-0.15, -0.1) is 0 Å². The molecular formula is C22H32F2O5. The molecule has 8 atom stereocenters. The van der Waals surface area contributed by atoms with Crippen LogP contribution in [0.25, 0.3) is 0 Å². The van der Waals surface area contributed by atoms with Crippen LogP contribution in [0.3, 0.4) is 0 Å². The summed E-state index contributed by atoms with van der Waals surface area (Å²) >= 11 is 0. The van der Waals surface area contributed by atoms with E-state index < -0.39 is 47.6 Å². The number of carbonyl (C=O) groups excluding carboxylic acids is 1. The second-order valence-corrected chi connectivity index (χ2v) is 9.41. The highest BCUT2D eigenvalue weighted by Gasteiger charge is 2.67. The molecule has 7 unspecified atom stereocenters. The maximum absolute atomic E-state index is 15.6. The quantitative estimate of drug-likeness (QED) is 0.534. The molecule has 1 spiro atoms. The van der Waals surface area contributed by atoms with Crippen molar-refractivity contribution in [3.8, 4) is 0 Å². The van der Waals surface area contributed by atoms with Crippen LogP contribution in [-0.4, -0.2) is 59.0 Å². The van der Waals surface area contributed by atoms with E-state index in [9.17, 15) is 19.4 Å². The van der Waals surface area contributed by atoms with E-state index in [1.165, 1.54) is 13.2 Å². The fourth-order valence-electron chi connectivity index (χ4n) is 6.05. The van der Waals surface area contributed by atoms with Crippen molar-refractivity contribution in [1.29, 1.82) is 0 Å². The lowest BCUT2D eigenvalue weighted by atomic mass is 9.63. The number of aliphatic hydroxyl groups excluding tert-OH is 2. The van der Waals surface area contributed by atoms with E-state index in [0.29, 0.717) is 32.1 Å². The summed E-state index contributed by atoms with van der Waals surface area (Å²) in [6, 6.07) is 0. The number of carbonyl (C=O) groups is 1. The molecule has 1 aliphatic heterocycles. The molecule has 4 aliphatic rings. The molecule has 0 aromatic carbocycles. The molecule has 3 saturated carbocycles. The molecule has 1 saturated heterocycles. The molecule has 0 amide bonds. The standard InChI is InChI=1S/C22H32F2O5/c1-28-18(27)11-13-7-10-22(13)20(23)19-14(15(25)12-16(19)29-22)5-6-17(26)21(24)8-3-2-4-9-21/h5-6,13-17,19-20,25-26H,2-4,7-12H2,1H3/b6-5-/t13-,14?,15?,16?,17?,19?,20?,22?/m1/s1. The number of ether oxygens (including phenoxy) is 2. The number of alkyl halides is 2. The Bertz CT molecular complexity index is 649. The first-order chi connectivity index (χ1) is 13.8. The van der Waals surface area contributed by atoms with Gasteiger partial charge in [0.05, 0.1) is 25.7 Å². The normalized spacial score (nSPS) is 44.6. The average molecular weight is 414 g/mol. The van der Waals surface area contributed by atoms with Gasteiger partial charge in [0.25, 0.3) is 0 Å². The topological polar surface area (TPSA) is 76.0 Å². The minimum Gasteiger partial charge on any atom is -0.469 e. The van der Waals surface area contributed by atoms with Crippen LogP contribution in [0.4, 0.5) is 8.78 Å². The number of rotatable bonds is 5. The molecule has 0 aromatic rings. The minimum absolute atomic E-state index is 0.127. The second kappa shape index (κ2) is 7.89. The van der Waals surface area contributed by atoms with Crippen LogP contribution >= 0.6 is 0 Å². The van der Waals surface area contributed by atoms with E-state index >= 15 is 4.39 Å². The fourth-order valence-corrected chi connectivity index (χ4v) is 6.05. The van der Waals surface area contributed by atoms with Gasteiger partial charge in [-0.3, -0.25) is 4.79 Å². The summed E-state index contributed by atoms with van der Waals surface area (Å²) in [5.74, 6) is -1.67. The second-order valence-electron chi connectivity index (χ2n) is 9.41. The number of halogens is 2. The van der Waals surface area contributed by atoms with Crippen molar-refractivity contribution >= 4 is 5.97 Å². The van der Waals surface area contributed by atoms with E-state index in [1.54, 1.807) is 6.08 Å². The molecule has 29 heavy (non-hydrogen) atoms.